The maximum absolute atomic E-state index is 12.4. The van der Waals surface area contributed by atoms with Crippen LogP contribution in [0.3, 0.4) is 0 Å². The van der Waals surface area contributed by atoms with Gasteiger partial charge in [0.15, 0.2) is 11.5 Å². The number of nitrogens with one attached hydrogen (secondary N) is 1. The van der Waals surface area contributed by atoms with Crippen LogP contribution in [0.25, 0.3) is 0 Å². The predicted molar refractivity (Wildman–Crippen MR) is 77.3 cm³/mol. The van der Waals surface area contributed by atoms with E-state index in [9.17, 15) is 15.0 Å². The minimum atomic E-state index is -2.10. The molecule has 0 aliphatic carbocycles. The highest BCUT2D eigenvalue weighted by Crippen LogP contribution is 2.49. The van der Waals surface area contributed by atoms with Crippen molar-refractivity contribution in [1.82, 2.24) is 0 Å². The van der Waals surface area contributed by atoms with Gasteiger partial charge in [-0.1, -0.05) is 17.7 Å². The molecule has 4 rings (SSSR count). The number of aliphatic hydroxyl groups is 1. The van der Waals surface area contributed by atoms with Crippen LogP contribution in [0.2, 0.25) is 5.02 Å². The third-order valence-electron chi connectivity index (χ3n) is 3.83. The lowest BCUT2D eigenvalue weighted by Crippen LogP contribution is -2.35. The first-order chi connectivity index (χ1) is 10.5. The molecule has 3 N–H and O–H groups in total. The summed E-state index contributed by atoms with van der Waals surface area (Å²) < 4.78 is 10.4. The molecule has 0 aromatic heterocycles. The molecule has 2 aliphatic rings. The molecule has 0 bridgehead atoms. The number of phenolic OH excluding ortho intramolecular Hbond substituents is 1. The van der Waals surface area contributed by atoms with Gasteiger partial charge in [-0.2, -0.15) is 0 Å². The molecule has 0 spiro atoms. The Hall–Kier alpha value is -2.44. The van der Waals surface area contributed by atoms with Crippen LogP contribution in [-0.2, 0) is 10.4 Å². The van der Waals surface area contributed by atoms with Crippen LogP contribution >= 0.6 is 11.6 Å². The molecule has 2 aliphatic heterocycles. The Kier molecular flexibility index (Phi) is 2.58. The second-order valence-electron chi connectivity index (χ2n) is 5.05. The van der Waals surface area contributed by atoms with E-state index in [1.54, 1.807) is 18.2 Å². The van der Waals surface area contributed by atoms with Crippen molar-refractivity contribution in [3.8, 4) is 17.2 Å². The number of anilines is 1. The largest absolute Gasteiger partial charge is 0.507 e. The highest BCUT2D eigenvalue weighted by atomic mass is 35.5. The molecule has 7 heteroatoms. The second-order valence-corrected chi connectivity index (χ2v) is 5.46. The van der Waals surface area contributed by atoms with Gasteiger partial charge in [-0.3, -0.25) is 4.79 Å². The zero-order valence-corrected chi connectivity index (χ0v) is 11.8. The number of fused-ring (bicyclic) bond motifs is 2. The van der Waals surface area contributed by atoms with E-state index in [4.69, 9.17) is 21.1 Å². The van der Waals surface area contributed by atoms with Crippen molar-refractivity contribution in [2.75, 3.05) is 12.1 Å². The Morgan fingerprint density at radius 1 is 1.23 bits per heavy atom. The molecule has 0 saturated carbocycles. The molecule has 2 heterocycles. The first-order valence-electron chi connectivity index (χ1n) is 6.47. The van der Waals surface area contributed by atoms with Gasteiger partial charge in [0.2, 0.25) is 12.4 Å². The number of hydrogen-bond acceptors (Lipinski definition) is 5. The number of rotatable bonds is 1. The Bertz CT molecular complexity index is 822. The summed E-state index contributed by atoms with van der Waals surface area (Å²) in [5.74, 6) is -0.281. The van der Waals surface area contributed by atoms with Crippen LogP contribution in [0.4, 0.5) is 5.69 Å². The molecule has 1 atom stereocenters. The van der Waals surface area contributed by atoms with E-state index < -0.39 is 11.5 Å². The van der Waals surface area contributed by atoms with E-state index in [0.717, 1.165) is 0 Å². The Morgan fingerprint density at radius 2 is 1.95 bits per heavy atom. The number of aromatic hydroxyl groups is 1. The second kappa shape index (κ2) is 4.28. The molecule has 0 radical (unpaired) electrons. The fraction of sp³-hybridized carbons (Fsp3) is 0.133. The van der Waals surface area contributed by atoms with Gasteiger partial charge in [0.05, 0.1) is 0 Å². The Labute approximate surface area is 129 Å². The van der Waals surface area contributed by atoms with E-state index in [1.807, 2.05) is 0 Å². The molecule has 2 aromatic rings. The van der Waals surface area contributed by atoms with E-state index in [-0.39, 0.29) is 28.7 Å². The number of benzene rings is 2. The fourth-order valence-corrected chi connectivity index (χ4v) is 3.11. The molecular weight excluding hydrogens is 310 g/mol. The lowest BCUT2D eigenvalue weighted by molar-refractivity contribution is -0.129. The average Bonchev–Trinajstić information content (AvgIpc) is 3.02. The van der Waals surface area contributed by atoms with Gasteiger partial charge in [-0.05, 0) is 18.2 Å². The van der Waals surface area contributed by atoms with Crippen LogP contribution in [0.15, 0.2) is 30.3 Å². The highest BCUT2D eigenvalue weighted by Gasteiger charge is 2.50. The maximum atomic E-state index is 12.4. The van der Waals surface area contributed by atoms with Crippen LogP contribution in [0.1, 0.15) is 11.1 Å². The molecule has 1 unspecified atom stereocenters. The van der Waals surface area contributed by atoms with Gasteiger partial charge >= 0.3 is 0 Å². The molecule has 112 valence electrons. The predicted octanol–water partition coefficient (Wildman–Crippen LogP) is 1.96. The number of hydrogen-bond donors (Lipinski definition) is 3. The lowest BCUT2D eigenvalue weighted by Gasteiger charge is -2.23. The first-order valence-corrected chi connectivity index (χ1v) is 6.85. The number of carbonyl (C=O) groups is 1. The van der Waals surface area contributed by atoms with Crippen molar-refractivity contribution >= 4 is 23.2 Å². The van der Waals surface area contributed by atoms with Gasteiger partial charge in [0, 0.05) is 27.9 Å². The zero-order valence-electron chi connectivity index (χ0n) is 11.1. The van der Waals surface area contributed by atoms with Crippen molar-refractivity contribution in [3.63, 3.8) is 0 Å². The summed E-state index contributed by atoms with van der Waals surface area (Å²) in [5.41, 5.74) is -1.51. The topological polar surface area (TPSA) is 88.0 Å². The average molecular weight is 320 g/mol. The molecule has 2 aromatic carbocycles. The number of phenols is 1. The molecule has 22 heavy (non-hydrogen) atoms. The third kappa shape index (κ3) is 1.56. The Morgan fingerprint density at radius 3 is 2.73 bits per heavy atom. The first kappa shape index (κ1) is 13.2. The smallest absolute Gasteiger partial charge is 0.266 e. The molecule has 1 amide bonds. The highest BCUT2D eigenvalue weighted by molar-refractivity contribution is 6.33. The normalized spacial score (nSPS) is 21.6. The minimum Gasteiger partial charge on any atom is -0.507 e. The van der Waals surface area contributed by atoms with Gasteiger partial charge in [-0.15, -0.1) is 0 Å². The summed E-state index contributed by atoms with van der Waals surface area (Å²) in [6, 6.07) is 7.54. The summed E-state index contributed by atoms with van der Waals surface area (Å²) in [7, 11) is 0. The quantitative estimate of drug-likeness (QED) is 0.748. The summed E-state index contributed by atoms with van der Waals surface area (Å²) >= 11 is 6.15. The van der Waals surface area contributed by atoms with Gasteiger partial charge in [-0.25, -0.2) is 0 Å². The lowest BCUT2D eigenvalue weighted by atomic mass is 9.86. The van der Waals surface area contributed by atoms with Crippen LogP contribution in [0.5, 0.6) is 17.2 Å². The van der Waals surface area contributed by atoms with Crippen molar-refractivity contribution in [1.29, 1.82) is 0 Å². The van der Waals surface area contributed by atoms with Crippen LogP contribution in [0, 0.1) is 0 Å². The van der Waals surface area contributed by atoms with Crippen molar-refractivity contribution in [2.24, 2.45) is 0 Å². The van der Waals surface area contributed by atoms with Crippen molar-refractivity contribution in [2.45, 2.75) is 5.60 Å². The summed E-state index contributed by atoms with van der Waals surface area (Å²) in [6.07, 6.45) is 0. The molecule has 0 saturated heterocycles. The number of amides is 1. The van der Waals surface area contributed by atoms with Gasteiger partial charge < -0.3 is 25.0 Å². The Balaban J connectivity index is 1.99. The monoisotopic (exact) mass is 319 g/mol. The molecule has 6 nitrogen and oxygen atoms in total. The van der Waals surface area contributed by atoms with Crippen molar-refractivity contribution in [3.05, 3.63) is 46.5 Å². The third-order valence-corrected chi connectivity index (χ3v) is 4.15. The number of halogens is 1. The van der Waals surface area contributed by atoms with E-state index >= 15 is 0 Å². The summed E-state index contributed by atoms with van der Waals surface area (Å²) in [5, 5.41) is 24.0. The van der Waals surface area contributed by atoms with Crippen molar-refractivity contribution < 1.29 is 24.5 Å². The number of ether oxygens (including phenoxy) is 2. The number of carbonyl (C=O) groups excluding carboxylic acids is 1. The molecule has 0 fully saturated rings. The summed E-state index contributed by atoms with van der Waals surface area (Å²) in [4.78, 5) is 12.4. The van der Waals surface area contributed by atoms with Gasteiger partial charge in [0.25, 0.3) is 5.91 Å². The maximum Gasteiger partial charge on any atom is 0.266 e. The van der Waals surface area contributed by atoms with Gasteiger partial charge in [0.1, 0.15) is 5.75 Å². The van der Waals surface area contributed by atoms with E-state index in [0.29, 0.717) is 17.2 Å². The minimum absolute atomic E-state index is 0.0129. The SMILES string of the molecule is O=C1Nc2cccc(Cl)c2C1(O)c1cc2c(cc1O)OCO2. The standard InChI is InChI=1S/C15H10ClNO5/c16-8-2-1-3-9-13(8)15(20,14(19)17-9)7-4-11-12(5-10(7)18)22-6-21-11/h1-5,18,20H,6H2,(H,17,19). The van der Waals surface area contributed by atoms with Crippen LogP contribution in [-0.4, -0.2) is 22.9 Å². The molecular formula is C15H10ClNO5. The summed E-state index contributed by atoms with van der Waals surface area (Å²) in [6.45, 7) is 0.0141. The zero-order chi connectivity index (χ0) is 15.5. The van der Waals surface area contributed by atoms with E-state index in [1.165, 1.54) is 12.1 Å². The van der Waals surface area contributed by atoms with E-state index in [2.05, 4.69) is 5.32 Å². The fourth-order valence-electron chi connectivity index (χ4n) is 2.80. The van der Waals surface area contributed by atoms with Crippen LogP contribution < -0.4 is 14.8 Å².